The molecule has 0 saturated carbocycles. The zero-order chi connectivity index (χ0) is 21.8. The maximum absolute atomic E-state index is 12.7. The predicted octanol–water partition coefficient (Wildman–Crippen LogP) is 3.89. The van der Waals surface area contributed by atoms with Crippen LogP contribution in [-0.4, -0.2) is 52.9 Å². The molecule has 1 saturated heterocycles. The fraction of sp³-hybridized carbons (Fsp3) is 0.292. The number of amides is 1. The van der Waals surface area contributed by atoms with Gasteiger partial charge in [0.2, 0.25) is 5.91 Å². The van der Waals surface area contributed by atoms with E-state index in [1.54, 1.807) is 18.2 Å². The lowest BCUT2D eigenvalue weighted by atomic mass is 10.0. The summed E-state index contributed by atoms with van der Waals surface area (Å²) in [6.45, 7) is 6.02. The van der Waals surface area contributed by atoms with Gasteiger partial charge < -0.3 is 5.32 Å². The maximum Gasteiger partial charge on any atom is 0.292 e. The van der Waals surface area contributed by atoms with Crippen LogP contribution in [0.2, 0.25) is 0 Å². The number of benzene rings is 3. The average Bonchev–Trinajstić information content (AvgIpc) is 2.79. The van der Waals surface area contributed by atoms with Gasteiger partial charge in [-0.1, -0.05) is 54.6 Å². The second-order valence-corrected chi connectivity index (χ2v) is 7.89. The molecule has 7 heteroatoms. The number of nitrogens with zero attached hydrogens (tertiary/aromatic N) is 3. The molecule has 0 unspecified atom stereocenters. The normalized spacial score (nSPS) is 16.2. The molecule has 7 nitrogen and oxygen atoms in total. The van der Waals surface area contributed by atoms with Crippen molar-refractivity contribution >= 4 is 28.1 Å². The summed E-state index contributed by atoms with van der Waals surface area (Å²) in [5, 5.41) is 16.4. The summed E-state index contributed by atoms with van der Waals surface area (Å²) in [5.41, 5.74) is 1.45. The van der Waals surface area contributed by atoms with Crippen LogP contribution in [0.15, 0.2) is 66.7 Å². The minimum atomic E-state index is -0.480. The first-order valence-electron chi connectivity index (χ1n) is 10.5. The number of hydrogen-bond acceptors (Lipinski definition) is 5. The van der Waals surface area contributed by atoms with Crippen LogP contribution in [-0.2, 0) is 11.3 Å². The molecule has 1 N–H and O–H groups in total. The molecule has 1 heterocycles. The van der Waals surface area contributed by atoms with E-state index < -0.39 is 4.92 Å². The number of carbonyl (C=O) groups excluding carboxylic acids is 1. The van der Waals surface area contributed by atoms with Gasteiger partial charge >= 0.3 is 0 Å². The van der Waals surface area contributed by atoms with Crippen LogP contribution in [0.5, 0.6) is 0 Å². The van der Waals surface area contributed by atoms with Crippen LogP contribution < -0.4 is 5.32 Å². The molecule has 0 aliphatic carbocycles. The quantitative estimate of drug-likeness (QED) is 0.485. The highest BCUT2D eigenvalue weighted by molar-refractivity contribution is 5.96. The molecular formula is C24H26N4O3. The van der Waals surface area contributed by atoms with Gasteiger partial charge in [-0.3, -0.25) is 24.7 Å². The Morgan fingerprint density at radius 3 is 2.45 bits per heavy atom. The fourth-order valence-electron chi connectivity index (χ4n) is 4.12. The molecule has 1 amide bonds. The molecule has 0 radical (unpaired) electrons. The van der Waals surface area contributed by atoms with E-state index in [0.29, 0.717) is 0 Å². The third-order valence-electron chi connectivity index (χ3n) is 5.97. The van der Waals surface area contributed by atoms with Gasteiger partial charge in [-0.2, -0.15) is 0 Å². The van der Waals surface area contributed by atoms with Gasteiger partial charge in [0.1, 0.15) is 5.69 Å². The molecule has 1 atom stereocenters. The molecule has 1 fully saturated rings. The van der Waals surface area contributed by atoms with E-state index in [4.69, 9.17) is 0 Å². The summed E-state index contributed by atoms with van der Waals surface area (Å²) in [5.74, 6) is -0.225. The van der Waals surface area contributed by atoms with Gasteiger partial charge in [0, 0.05) is 38.8 Å². The van der Waals surface area contributed by atoms with Gasteiger partial charge in [0.25, 0.3) is 5.69 Å². The largest absolute Gasteiger partial charge is 0.319 e. The number of fused-ring (bicyclic) bond motifs is 1. The summed E-state index contributed by atoms with van der Waals surface area (Å²) < 4.78 is 0. The second-order valence-electron chi connectivity index (χ2n) is 7.89. The monoisotopic (exact) mass is 418 g/mol. The molecule has 31 heavy (non-hydrogen) atoms. The summed E-state index contributed by atoms with van der Waals surface area (Å²) in [7, 11) is 0. The predicted molar refractivity (Wildman–Crippen MR) is 122 cm³/mol. The van der Waals surface area contributed by atoms with Crippen molar-refractivity contribution in [2.24, 2.45) is 0 Å². The Bertz CT molecular complexity index is 1090. The average molecular weight is 418 g/mol. The first kappa shape index (κ1) is 21.0. The van der Waals surface area contributed by atoms with Gasteiger partial charge in [-0.25, -0.2) is 0 Å². The van der Waals surface area contributed by atoms with E-state index in [-0.39, 0.29) is 23.3 Å². The number of hydrogen-bond donors (Lipinski definition) is 1. The lowest BCUT2D eigenvalue weighted by molar-refractivity contribution is -0.383. The SMILES string of the molecule is C[C@@H](C(=O)Nc1ccccc1[N+](=O)[O-])N1CCN(Cc2cccc3ccccc23)CC1. The first-order valence-corrected chi connectivity index (χ1v) is 10.5. The van der Waals surface area contributed by atoms with Crippen molar-refractivity contribution < 1.29 is 9.72 Å². The number of carbonyl (C=O) groups is 1. The summed E-state index contributed by atoms with van der Waals surface area (Å²) >= 11 is 0. The molecule has 1 aliphatic rings. The van der Waals surface area contributed by atoms with Gasteiger partial charge in [0.05, 0.1) is 11.0 Å². The van der Waals surface area contributed by atoms with Gasteiger partial charge in [0.15, 0.2) is 0 Å². The Labute approximate surface area is 181 Å². The highest BCUT2D eigenvalue weighted by Crippen LogP contribution is 2.24. The van der Waals surface area contributed by atoms with Crippen LogP contribution in [0, 0.1) is 10.1 Å². The van der Waals surface area contributed by atoms with E-state index in [9.17, 15) is 14.9 Å². The smallest absolute Gasteiger partial charge is 0.292 e. The van der Waals surface area contributed by atoms with Crippen LogP contribution in [0.3, 0.4) is 0 Å². The molecule has 0 bridgehead atoms. The second kappa shape index (κ2) is 9.24. The van der Waals surface area contributed by atoms with E-state index in [2.05, 4.69) is 57.6 Å². The Balaban J connectivity index is 1.35. The fourth-order valence-corrected chi connectivity index (χ4v) is 4.12. The van der Waals surface area contributed by atoms with Gasteiger partial charge in [-0.15, -0.1) is 0 Å². The number of rotatable bonds is 6. The van der Waals surface area contributed by atoms with Crippen LogP contribution >= 0.6 is 0 Å². The maximum atomic E-state index is 12.7. The van der Waals surface area contributed by atoms with Crippen molar-refractivity contribution in [3.05, 3.63) is 82.4 Å². The van der Waals surface area contributed by atoms with Crippen molar-refractivity contribution in [1.29, 1.82) is 0 Å². The van der Waals surface area contributed by atoms with E-state index in [1.165, 1.54) is 22.4 Å². The Kier molecular flexibility index (Phi) is 6.25. The zero-order valence-electron chi connectivity index (χ0n) is 17.5. The highest BCUT2D eigenvalue weighted by Gasteiger charge is 2.27. The number of nitro groups is 1. The third kappa shape index (κ3) is 4.73. The first-order chi connectivity index (χ1) is 15.0. The molecule has 1 aliphatic heterocycles. The van der Waals surface area contributed by atoms with E-state index in [0.717, 1.165) is 32.7 Å². The Hall–Kier alpha value is -3.29. The lowest BCUT2D eigenvalue weighted by Crippen LogP contribution is -2.52. The number of para-hydroxylation sites is 2. The van der Waals surface area contributed by atoms with Gasteiger partial charge in [-0.05, 0) is 29.3 Å². The summed E-state index contributed by atoms with van der Waals surface area (Å²) in [4.78, 5) is 28.0. The number of nitro benzene ring substituents is 1. The zero-order valence-corrected chi connectivity index (χ0v) is 17.5. The molecule has 3 aromatic carbocycles. The third-order valence-corrected chi connectivity index (χ3v) is 5.97. The van der Waals surface area contributed by atoms with Crippen molar-refractivity contribution in [3.8, 4) is 0 Å². The molecule has 4 rings (SSSR count). The molecule has 160 valence electrons. The van der Waals surface area contributed by atoms with Crippen LogP contribution in [0.25, 0.3) is 10.8 Å². The number of nitrogens with one attached hydrogen (secondary N) is 1. The van der Waals surface area contributed by atoms with Crippen LogP contribution in [0.4, 0.5) is 11.4 Å². The number of piperazine rings is 1. The van der Waals surface area contributed by atoms with Crippen molar-refractivity contribution in [2.45, 2.75) is 19.5 Å². The molecule has 0 aromatic heterocycles. The number of anilines is 1. The lowest BCUT2D eigenvalue weighted by Gasteiger charge is -2.37. The Morgan fingerprint density at radius 1 is 1.00 bits per heavy atom. The molecule has 3 aromatic rings. The topological polar surface area (TPSA) is 78.7 Å². The van der Waals surface area contributed by atoms with Crippen molar-refractivity contribution in [3.63, 3.8) is 0 Å². The Morgan fingerprint density at radius 2 is 1.68 bits per heavy atom. The molecular weight excluding hydrogens is 392 g/mol. The van der Waals surface area contributed by atoms with E-state index in [1.807, 2.05) is 6.92 Å². The highest BCUT2D eigenvalue weighted by atomic mass is 16.6. The minimum absolute atomic E-state index is 0.0945. The standard InChI is InChI=1S/C24H26N4O3/c1-18(24(29)25-22-11-4-5-12-23(22)28(30)31)27-15-13-26(14-16-27)17-20-9-6-8-19-7-2-3-10-21(19)20/h2-12,18H,13-17H2,1H3,(H,25,29)/t18-/m0/s1. The van der Waals surface area contributed by atoms with Crippen LogP contribution in [0.1, 0.15) is 12.5 Å². The van der Waals surface area contributed by atoms with Crippen molar-refractivity contribution in [2.75, 3.05) is 31.5 Å². The minimum Gasteiger partial charge on any atom is -0.319 e. The molecule has 0 spiro atoms. The van der Waals surface area contributed by atoms with E-state index >= 15 is 0 Å². The summed E-state index contributed by atoms with van der Waals surface area (Å²) in [6, 6.07) is 20.7. The van der Waals surface area contributed by atoms with Crippen molar-refractivity contribution in [1.82, 2.24) is 9.80 Å². The summed E-state index contributed by atoms with van der Waals surface area (Å²) in [6.07, 6.45) is 0.